The Morgan fingerprint density at radius 1 is 1.29 bits per heavy atom. The minimum absolute atomic E-state index is 0.350. The second-order valence-corrected chi connectivity index (χ2v) is 6.40. The lowest BCUT2D eigenvalue weighted by molar-refractivity contribution is -0.0610. The van der Waals surface area contributed by atoms with Crippen molar-refractivity contribution in [1.29, 1.82) is 0 Å². The molecule has 1 saturated carbocycles. The molecule has 0 aromatic heterocycles. The van der Waals surface area contributed by atoms with E-state index in [0.29, 0.717) is 18.5 Å². The van der Waals surface area contributed by atoms with Crippen LogP contribution in [0.5, 0.6) is 0 Å². The topological polar surface area (TPSA) is 6.48 Å². The third-order valence-electron chi connectivity index (χ3n) is 5.25. The molecule has 2 aliphatic heterocycles. The average Bonchev–Trinajstić information content (AvgIpc) is 2.58. The van der Waals surface area contributed by atoms with Gasteiger partial charge in [-0.15, -0.1) is 0 Å². The minimum atomic E-state index is -2.11. The first kappa shape index (κ1) is 11.8. The fourth-order valence-corrected chi connectivity index (χ4v) is 3.92. The molecule has 2 heterocycles. The monoisotopic (exact) mass is 244 g/mol. The fraction of sp³-hybridized carbons (Fsp3) is 1.00. The summed E-state index contributed by atoms with van der Waals surface area (Å²) in [5.41, 5.74) is 0.546. The van der Waals surface area contributed by atoms with Gasteiger partial charge in [0.25, 0.3) is 0 Å². The second-order valence-electron chi connectivity index (χ2n) is 6.40. The van der Waals surface area contributed by atoms with Crippen molar-refractivity contribution in [2.45, 2.75) is 25.7 Å². The van der Waals surface area contributed by atoms with Crippen molar-refractivity contribution in [3.8, 4) is 0 Å². The summed E-state index contributed by atoms with van der Waals surface area (Å²) in [5, 5.41) is 0. The molecule has 0 amide bonds. The highest BCUT2D eigenvalue weighted by molar-refractivity contribution is 5.02. The summed E-state index contributed by atoms with van der Waals surface area (Å²) < 4.78 is 24.8. The highest BCUT2D eigenvalue weighted by Gasteiger charge is 2.51. The molecule has 2 saturated heterocycles. The first-order valence-corrected chi connectivity index (χ1v) is 6.78. The van der Waals surface area contributed by atoms with Gasteiger partial charge in [0.15, 0.2) is 0 Å². The predicted octanol–water partition coefficient (Wildman–Crippen LogP) is 1.92. The van der Waals surface area contributed by atoms with Gasteiger partial charge in [0.1, 0.15) is 0 Å². The maximum Gasteiger partial charge on any atom is 0.243 e. The fourth-order valence-electron chi connectivity index (χ4n) is 3.92. The van der Waals surface area contributed by atoms with Gasteiger partial charge in [-0.25, -0.2) is 8.78 Å². The van der Waals surface area contributed by atoms with Crippen LogP contribution in [0.3, 0.4) is 0 Å². The maximum absolute atomic E-state index is 12.4. The van der Waals surface area contributed by atoms with E-state index in [1.54, 1.807) is 0 Å². The van der Waals surface area contributed by atoms with Crippen LogP contribution in [0.15, 0.2) is 0 Å². The van der Waals surface area contributed by atoms with Gasteiger partial charge in [0, 0.05) is 32.1 Å². The van der Waals surface area contributed by atoms with Crippen LogP contribution in [0, 0.1) is 17.3 Å². The molecule has 98 valence electrons. The Bertz CT molecular complexity index is 291. The SMILES string of the molecule is CN1CCC2(CCC2CN2CC(C(F)F)C2)C1. The van der Waals surface area contributed by atoms with E-state index in [2.05, 4.69) is 16.8 Å². The van der Waals surface area contributed by atoms with Gasteiger partial charge >= 0.3 is 0 Å². The summed E-state index contributed by atoms with van der Waals surface area (Å²) in [6.07, 6.45) is 1.87. The van der Waals surface area contributed by atoms with Crippen LogP contribution in [0.25, 0.3) is 0 Å². The third kappa shape index (κ3) is 1.99. The predicted molar refractivity (Wildman–Crippen MR) is 63.2 cm³/mol. The summed E-state index contributed by atoms with van der Waals surface area (Å²) in [4.78, 5) is 4.66. The van der Waals surface area contributed by atoms with Crippen molar-refractivity contribution in [3.63, 3.8) is 0 Å². The van der Waals surface area contributed by atoms with E-state index in [1.807, 2.05) is 0 Å². The van der Waals surface area contributed by atoms with E-state index in [9.17, 15) is 8.78 Å². The molecule has 2 unspecified atom stereocenters. The van der Waals surface area contributed by atoms with Crippen LogP contribution in [-0.2, 0) is 0 Å². The van der Waals surface area contributed by atoms with E-state index in [-0.39, 0.29) is 5.92 Å². The van der Waals surface area contributed by atoms with E-state index >= 15 is 0 Å². The Morgan fingerprint density at radius 2 is 2.06 bits per heavy atom. The number of alkyl halides is 2. The number of hydrogen-bond donors (Lipinski definition) is 0. The zero-order valence-corrected chi connectivity index (χ0v) is 10.5. The van der Waals surface area contributed by atoms with Crippen LogP contribution in [-0.4, -0.2) is 56.0 Å². The molecule has 1 spiro atoms. The molecule has 3 fully saturated rings. The quantitative estimate of drug-likeness (QED) is 0.748. The largest absolute Gasteiger partial charge is 0.306 e. The standard InChI is InChI=1S/C13H22F2N2/c1-16-5-4-13(9-16)3-2-11(13)8-17-6-10(7-17)12(14)15/h10-12H,2-9H2,1H3. The Morgan fingerprint density at radius 3 is 2.53 bits per heavy atom. The van der Waals surface area contributed by atoms with Gasteiger partial charge in [-0.3, -0.25) is 0 Å². The van der Waals surface area contributed by atoms with Crippen molar-refractivity contribution in [1.82, 2.24) is 9.80 Å². The molecular weight excluding hydrogens is 222 g/mol. The lowest BCUT2D eigenvalue weighted by Gasteiger charge is -2.51. The minimum Gasteiger partial charge on any atom is -0.306 e. The average molecular weight is 244 g/mol. The Kier molecular flexibility index (Phi) is 2.90. The van der Waals surface area contributed by atoms with E-state index in [1.165, 1.54) is 32.4 Å². The molecule has 0 aromatic rings. The van der Waals surface area contributed by atoms with Crippen molar-refractivity contribution in [3.05, 3.63) is 0 Å². The first-order valence-electron chi connectivity index (χ1n) is 6.78. The van der Waals surface area contributed by atoms with Gasteiger partial charge in [0.05, 0.1) is 0 Å². The molecule has 2 nitrogen and oxygen atoms in total. The molecule has 1 aliphatic carbocycles. The summed E-state index contributed by atoms with van der Waals surface area (Å²) in [7, 11) is 2.20. The Balaban J connectivity index is 1.48. The zero-order chi connectivity index (χ0) is 12.0. The molecule has 0 N–H and O–H groups in total. The zero-order valence-electron chi connectivity index (χ0n) is 10.5. The molecule has 0 bridgehead atoms. The van der Waals surface area contributed by atoms with E-state index in [0.717, 1.165) is 12.5 Å². The number of rotatable bonds is 3. The van der Waals surface area contributed by atoms with Crippen molar-refractivity contribution in [2.75, 3.05) is 39.8 Å². The Labute approximate surface area is 102 Å². The molecule has 3 rings (SSSR count). The molecule has 2 atom stereocenters. The van der Waals surface area contributed by atoms with Gasteiger partial charge in [0.2, 0.25) is 6.43 Å². The molecule has 0 radical (unpaired) electrons. The lowest BCUT2D eigenvalue weighted by atomic mass is 9.59. The molecule has 17 heavy (non-hydrogen) atoms. The third-order valence-corrected chi connectivity index (χ3v) is 5.25. The second kappa shape index (κ2) is 4.16. The summed E-state index contributed by atoms with van der Waals surface area (Å²) in [6.45, 7) is 4.76. The molecule has 3 aliphatic rings. The van der Waals surface area contributed by atoms with Gasteiger partial charge in [-0.05, 0) is 44.2 Å². The van der Waals surface area contributed by atoms with Crippen LogP contribution in [0.2, 0.25) is 0 Å². The lowest BCUT2D eigenvalue weighted by Crippen LogP contribution is -2.55. The number of halogens is 2. The van der Waals surface area contributed by atoms with Gasteiger partial charge in [-0.1, -0.05) is 0 Å². The summed E-state index contributed by atoms with van der Waals surface area (Å²) >= 11 is 0. The van der Waals surface area contributed by atoms with Crippen LogP contribution >= 0.6 is 0 Å². The highest BCUT2D eigenvalue weighted by Crippen LogP contribution is 2.53. The highest BCUT2D eigenvalue weighted by atomic mass is 19.3. The summed E-state index contributed by atoms with van der Waals surface area (Å²) in [5.74, 6) is 0.420. The van der Waals surface area contributed by atoms with Crippen molar-refractivity contribution < 1.29 is 8.78 Å². The normalized spacial score (nSPS) is 39.9. The van der Waals surface area contributed by atoms with Crippen LogP contribution in [0.4, 0.5) is 8.78 Å². The number of hydrogen-bond acceptors (Lipinski definition) is 2. The molecular formula is C13H22F2N2. The van der Waals surface area contributed by atoms with E-state index < -0.39 is 6.43 Å². The molecule has 4 heteroatoms. The Hall–Kier alpha value is -0.220. The smallest absolute Gasteiger partial charge is 0.243 e. The number of nitrogens with zero attached hydrogens (tertiary/aromatic N) is 2. The van der Waals surface area contributed by atoms with Gasteiger partial charge in [-0.2, -0.15) is 0 Å². The van der Waals surface area contributed by atoms with Crippen molar-refractivity contribution >= 4 is 0 Å². The summed E-state index contributed by atoms with van der Waals surface area (Å²) in [6, 6.07) is 0. The first-order chi connectivity index (χ1) is 8.09. The molecule has 0 aromatic carbocycles. The van der Waals surface area contributed by atoms with Gasteiger partial charge < -0.3 is 9.80 Å². The van der Waals surface area contributed by atoms with Crippen molar-refractivity contribution in [2.24, 2.45) is 17.3 Å². The van der Waals surface area contributed by atoms with E-state index in [4.69, 9.17) is 0 Å². The number of likely N-dealkylation sites (tertiary alicyclic amines) is 2. The maximum atomic E-state index is 12.4. The van der Waals surface area contributed by atoms with Crippen LogP contribution in [0.1, 0.15) is 19.3 Å². The van der Waals surface area contributed by atoms with Crippen LogP contribution < -0.4 is 0 Å².